The van der Waals surface area contributed by atoms with Crippen LogP contribution in [0.4, 0.5) is 4.79 Å². The van der Waals surface area contributed by atoms with Gasteiger partial charge in [0, 0.05) is 13.0 Å². The van der Waals surface area contributed by atoms with Crippen molar-refractivity contribution in [1.29, 1.82) is 0 Å². The zero-order valence-corrected chi connectivity index (χ0v) is 30.3. The van der Waals surface area contributed by atoms with Gasteiger partial charge < -0.3 is 42.6 Å². The Bertz CT molecular complexity index is 1660. The van der Waals surface area contributed by atoms with Crippen molar-refractivity contribution in [2.24, 2.45) is 22.2 Å². The van der Waals surface area contributed by atoms with Crippen molar-refractivity contribution in [3.05, 3.63) is 107 Å². The highest BCUT2D eigenvalue weighted by Crippen LogP contribution is 2.15. The van der Waals surface area contributed by atoms with Crippen LogP contribution in [0.3, 0.4) is 0 Å². The lowest BCUT2D eigenvalue weighted by atomic mass is 10.0. The third-order valence-corrected chi connectivity index (χ3v) is 8.37. The first-order valence-electron chi connectivity index (χ1n) is 17.6. The van der Waals surface area contributed by atoms with E-state index in [1.165, 1.54) is 0 Å². The van der Waals surface area contributed by atoms with Crippen LogP contribution in [0.2, 0.25) is 0 Å². The normalized spacial score (nSPS) is 12.4. The van der Waals surface area contributed by atoms with Crippen LogP contribution in [-0.4, -0.2) is 73.4 Å². The maximum absolute atomic E-state index is 14.0. The van der Waals surface area contributed by atoms with Crippen LogP contribution < -0.4 is 33.2 Å². The van der Waals surface area contributed by atoms with Crippen LogP contribution >= 0.6 is 0 Å². The topological polar surface area (TPSA) is 230 Å². The fourth-order valence-corrected chi connectivity index (χ4v) is 5.54. The molecule has 53 heavy (non-hydrogen) atoms. The first-order chi connectivity index (χ1) is 25.5. The Morgan fingerprint density at radius 2 is 1.26 bits per heavy atom. The number of aryl methyl sites for hydroxylation is 2. The van der Waals surface area contributed by atoms with Crippen molar-refractivity contribution in [1.82, 2.24) is 16.0 Å². The molecule has 0 spiro atoms. The predicted molar refractivity (Wildman–Crippen MR) is 202 cm³/mol. The van der Waals surface area contributed by atoms with Crippen molar-refractivity contribution in [3.63, 3.8) is 0 Å². The van der Waals surface area contributed by atoms with Crippen LogP contribution in [0.15, 0.2) is 83.9 Å². The molecule has 0 fully saturated rings. The van der Waals surface area contributed by atoms with E-state index in [-0.39, 0.29) is 38.4 Å². The number of amides is 3. The Balaban J connectivity index is 1.78. The second-order valence-electron chi connectivity index (χ2n) is 12.6. The molecule has 3 amide bonds. The first kappa shape index (κ1) is 41.7. The van der Waals surface area contributed by atoms with E-state index in [0.717, 1.165) is 11.1 Å². The van der Waals surface area contributed by atoms with Crippen LogP contribution in [0.25, 0.3) is 0 Å². The molecule has 3 unspecified atom stereocenters. The number of nitrogens with two attached hydrogens (primary N) is 3. The number of unbranched alkanes of at least 4 members (excludes halogenated alkanes) is 1. The highest BCUT2D eigenvalue weighted by atomic mass is 16.5. The Morgan fingerprint density at radius 1 is 0.679 bits per heavy atom. The summed E-state index contributed by atoms with van der Waals surface area (Å²) in [5, 5.41) is 8.14. The number of ketones is 1. The summed E-state index contributed by atoms with van der Waals surface area (Å²) in [5.74, 6) is -2.57. The number of rotatable bonds is 21. The number of nitrogens with one attached hydrogen (secondary N) is 3. The number of esters is 1. The maximum Gasteiger partial charge on any atom is 0.408 e. The summed E-state index contributed by atoms with van der Waals surface area (Å²) in [4.78, 5) is 70.9. The molecule has 3 aromatic rings. The highest BCUT2D eigenvalue weighted by molar-refractivity contribution is 5.97. The number of aliphatic imine (C=N–C) groups is 1. The SMILES string of the molecule is Cc1cccc(C)c1C(=O)OCC(=O)C(CCCCN)NC(=O)C(Cc1ccccc1)NC(=O)C(CCCN=C(N)N)NC(=O)OCc1ccccc1. The lowest BCUT2D eigenvalue weighted by Crippen LogP contribution is -2.56. The monoisotopic (exact) mass is 729 g/mol. The molecule has 0 aromatic heterocycles. The van der Waals surface area contributed by atoms with Crippen LogP contribution in [-0.2, 0) is 36.9 Å². The summed E-state index contributed by atoms with van der Waals surface area (Å²) in [6, 6.07) is 20.1. The number of benzene rings is 3. The molecular weight excluding hydrogens is 678 g/mol. The smallest absolute Gasteiger partial charge is 0.408 e. The van der Waals surface area contributed by atoms with E-state index < -0.39 is 54.4 Å². The zero-order valence-electron chi connectivity index (χ0n) is 30.3. The summed E-state index contributed by atoms with van der Waals surface area (Å²) in [7, 11) is 0. The van der Waals surface area contributed by atoms with E-state index in [2.05, 4.69) is 20.9 Å². The van der Waals surface area contributed by atoms with Gasteiger partial charge in [-0.3, -0.25) is 19.4 Å². The fraction of sp³-hybridized carbons (Fsp3) is 0.385. The van der Waals surface area contributed by atoms with Gasteiger partial charge in [-0.25, -0.2) is 9.59 Å². The number of Topliss-reactive ketones (excluding diaryl/α,β-unsaturated/α-hetero) is 1. The van der Waals surface area contributed by atoms with Gasteiger partial charge in [-0.1, -0.05) is 78.9 Å². The van der Waals surface area contributed by atoms with Crippen LogP contribution in [0.1, 0.15) is 64.7 Å². The second-order valence-corrected chi connectivity index (χ2v) is 12.6. The molecule has 0 saturated carbocycles. The quantitative estimate of drug-likeness (QED) is 0.0406. The van der Waals surface area contributed by atoms with E-state index in [1.54, 1.807) is 62.4 Å². The third-order valence-electron chi connectivity index (χ3n) is 8.37. The fourth-order valence-electron chi connectivity index (χ4n) is 5.54. The van der Waals surface area contributed by atoms with Crippen molar-refractivity contribution in [3.8, 4) is 0 Å². The molecule has 0 aliphatic heterocycles. The molecule has 3 atom stereocenters. The molecule has 9 N–H and O–H groups in total. The van der Waals surface area contributed by atoms with Gasteiger partial charge in [0.05, 0.1) is 11.6 Å². The van der Waals surface area contributed by atoms with Gasteiger partial charge in [-0.2, -0.15) is 0 Å². The number of nitrogens with zero attached hydrogens (tertiary/aromatic N) is 1. The Hall–Kier alpha value is -5.76. The summed E-state index contributed by atoms with van der Waals surface area (Å²) >= 11 is 0. The van der Waals surface area contributed by atoms with Gasteiger partial charge >= 0.3 is 12.1 Å². The van der Waals surface area contributed by atoms with Crippen LogP contribution in [0.5, 0.6) is 0 Å². The molecule has 0 bridgehead atoms. The summed E-state index contributed by atoms with van der Waals surface area (Å²) < 4.78 is 10.8. The van der Waals surface area contributed by atoms with E-state index in [0.29, 0.717) is 42.5 Å². The zero-order chi connectivity index (χ0) is 38.6. The number of carbonyl (C=O) groups is 5. The van der Waals surface area contributed by atoms with Gasteiger partial charge in [0.1, 0.15) is 18.7 Å². The summed E-state index contributed by atoms with van der Waals surface area (Å²) in [6.07, 6.45) is 1.03. The molecule has 0 aliphatic carbocycles. The molecule has 0 heterocycles. The number of guanidine groups is 1. The molecule has 3 rings (SSSR count). The minimum atomic E-state index is -1.16. The number of ether oxygens (including phenoxy) is 2. The average Bonchev–Trinajstić information content (AvgIpc) is 3.14. The lowest BCUT2D eigenvalue weighted by Gasteiger charge is -2.25. The van der Waals surface area contributed by atoms with Gasteiger partial charge in [-0.15, -0.1) is 0 Å². The molecule has 14 nitrogen and oxygen atoms in total. The van der Waals surface area contributed by atoms with Gasteiger partial charge in [-0.05, 0) is 74.8 Å². The van der Waals surface area contributed by atoms with Crippen molar-refractivity contribution < 1.29 is 33.4 Å². The Labute approximate surface area is 310 Å². The average molecular weight is 730 g/mol. The first-order valence-corrected chi connectivity index (χ1v) is 17.6. The molecule has 0 radical (unpaired) electrons. The molecule has 3 aromatic carbocycles. The largest absolute Gasteiger partial charge is 0.454 e. The van der Waals surface area contributed by atoms with Gasteiger partial charge in [0.25, 0.3) is 0 Å². The van der Waals surface area contributed by atoms with Crippen molar-refractivity contribution in [2.75, 3.05) is 19.7 Å². The minimum absolute atomic E-state index is 0.0203. The number of hydrogen-bond donors (Lipinski definition) is 6. The molecule has 0 saturated heterocycles. The van der Waals surface area contributed by atoms with Crippen LogP contribution in [0, 0.1) is 13.8 Å². The van der Waals surface area contributed by atoms with Crippen molar-refractivity contribution >= 4 is 35.6 Å². The standard InChI is InChI=1S/C39H51N7O7/c1-26-13-11-14-27(2)34(26)37(50)52-25-33(47)30(19-9-10-21-40)44-36(49)32(23-28-15-5-3-6-16-28)45-35(48)31(20-12-22-43-38(41)42)46-39(51)53-24-29-17-7-4-8-18-29/h3-8,11,13-18,30-32H,9-10,12,19-25,40H2,1-2H3,(H,44,49)(H,45,48)(H,46,51)(H4,41,42,43). The lowest BCUT2D eigenvalue weighted by molar-refractivity contribution is -0.133. The number of hydrogen-bond acceptors (Lipinski definition) is 9. The third kappa shape index (κ3) is 14.8. The molecule has 14 heteroatoms. The molecule has 284 valence electrons. The summed E-state index contributed by atoms with van der Waals surface area (Å²) in [5.41, 5.74) is 19.9. The highest BCUT2D eigenvalue weighted by Gasteiger charge is 2.30. The van der Waals surface area contributed by atoms with Gasteiger partial charge in [0.15, 0.2) is 18.3 Å². The van der Waals surface area contributed by atoms with E-state index >= 15 is 0 Å². The Morgan fingerprint density at radius 3 is 1.89 bits per heavy atom. The number of carbonyl (C=O) groups excluding carboxylic acids is 5. The molecular formula is C39H51N7O7. The van der Waals surface area contributed by atoms with E-state index in [4.69, 9.17) is 26.7 Å². The molecule has 0 aliphatic rings. The minimum Gasteiger partial charge on any atom is -0.454 e. The van der Waals surface area contributed by atoms with E-state index in [1.807, 2.05) is 30.3 Å². The van der Waals surface area contributed by atoms with E-state index in [9.17, 15) is 24.0 Å². The number of alkyl carbamates (subject to hydrolysis) is 1. The predicted octanol–water partition coefficient (Wildman–Crippen LogP) is 2.72. The van der Waals surface area contributed by atoms with Gasteiger partial charge in [0.2, 0.25) is 11.8 Å². The van der Waals surface area contributed by atoms with Crippen molar-refractivity contribution in [2.45, 2.75) is 77.1 Å². The Kier molecular flexibility index (Phi) is 17.5. The maximum atomic E-state index is 14.0. The second kappa shape index (κ2) is 22.2. The summed E-state index contributed by atoms with van der Waals surface area (Å²) in [6.45, 7) is 3.55.